The lowest BCUT2D eigenvalue weighted by atomic mass is 9.96. The monoisotopic (exact) mass is 296 g/mol. The molecule has 3 unspecified atom stereocenters. The van der Waals surface area contributed by atoms with Gasteiger partial charge < -0.3 is 10.5 Å². The summed E-state index contributed by atoms with van der Waals surface area (Å²) in [5.41, 5.74) is 7.30. The van der Waals surface area contributed by atoms with Crippen LogP contribution >= 0.6 is 0 Å². The van der Waals surface area contributed by atoms with Crippen molar-refractivity contribution < 1.29 is 13.2 Å². The molecule has 2 aliphatic heterocycles. The fourth-order valence-corrected chi connectivity index (χ4v) is 4.45. The fraction of sp³-hybridized carbons (Fsp3) is 0.571. The molecule has 0 aromatic heterocycles. The van der Waals surface area contributed by atoms with Crippen molar-refractivity contribution in [3.05, 3.63) is 35.4 Å². The number of ether oxygens (including phenoxy) is 1. The van der Waals surface area contributed by atoms with Crippen molar-refractivity contribution in [2.75, 3.05) is 0 Å². The lowest BCUT2D eigenvalue weighted by Crippen LogP contribution is -2.41. The predicted molar refractivity (Wildman–Crippen MR) is 76.4 cm³/mol. The van der Waals surface area contributed by atoms with E-state index in [1.807, 2.05) is 24.3 Å². The van der Waals surface area contributed by atoms with Gasteiger partial charge in [-0.15, -0.1) is 0 Å². The SMILES string of the molecule is NCc1ccc(CS(=O)(=O)NC2CC3CCC2O3)cc1. The maximum atomic E-state index is 12.2. The van der Waals surface area contributed by atoms with Gasteiger partial charge in [-0.1, -0.05) is 24.3 Å². The van der Waals surface area contributed by atoms with Crippen molar-refractivity contribution in [1.29, 1.82) is 0 Å². The van der Waals surface area contributed by atoms with Crippen LogP contribution in [0.15, 0.2) is 24.3 Å². The quantitative estimate of drug-likeness (QED) is 0.845. The number of hydrogen-bond donors (Lipinski definition) is 2. The van der Waals surface area contributed by atoms with E-state index in [0.717, 1.165) is 30.4 Å². The van der Waals surface area contributed by atoms with E-state index < -0.39 is 10.0 Å². The Labute approximate surface area is 119 Å². The van der Waals surface area contributed by atoms with Gasteiger partial charge in [-0.3, -0.25) is 0 Å². The van der Waals surface area contributed by atoms with Gasteiger partial charge in [0.15, 0.2) is 0 Å². The number of fused-ring (bicyclic) bond motifs is 2. The van der Waals surface area contributed by atoms with Gasteiger partial charge >= 0.3 is 0 Å². The second-order valence-corrected chi connectivity index (χ2v) is 7.37. The molecule has 0 saturated carbocycles. The van der Waals surface area contributed by atoms with Crippen LogP contribution in [0.2, 0.25) is 0 Å². The molecule has 3 N–H and O–H groups in total. The molecule has 6 heteroatoms. The number of nitrogens with one attached hydrogen (secondary N) is 1. The summed E-state index contributed by atoms with van der Waals surface area (Å²) in [5, 5.41) is 0. The molecule has 3 rings (SSSR count). The van der Waals surface area contributed by atoms with Crippen LogP contribution in [0.25, 0.3) is 0 Å². The van der Waals surface area contributed by atoms with Gasteiger partial charge in [-0.2, -0.15) is 0 Å². The number of benzene rings is 1. The minimum atomic E-state index is -3.32. The van der Waals surface area contributed by atoms with E-state index in [1.54, 1.807) is 0 Å². The summed E-state index contributed by atoms with van der Waals surface area (Å²) in [6.07, 6.45) is 3.13. The Hall–Kier alpha value is -0.950. The second kappa shape index (κ2) is 5.44. The van der Waals surface area contributed by atoms with Crippen molar-refractivity contribution in [3.8, 4) is 0 Å². The van der Waals surface area contributed by atoms with Crippen molar-refractivity contribution >= 4 is 10.0 Å². The Bertz CT molecular complexity index is 571. The molecule has 0 radical (unpaired) electrons. The van der Waals surface area contributed by atoms with E-state index in [1.165, 1.54) is 0 Å². The summed E-state index contributed by atoms with van der Waals surface area (Å²) in [5.74, 6) is 0.00569. The third-order valence-electron chi connectivity index (χ3n) is 4.05. The van der Waals surface area contributed by atoms with E-state index in [4.69, 9.17) is 10.5 Å². The molecule has 0 spiro atoms. The van der Waals surface area contributed by atoms with Crippen LogP contribution in [-0.4, -0.2) is 26.7 Å². The first kappa shape index (κ1) is 14.0. The number of hydrogen-bond acceptors (Lipinski definition) is 4. The van der Waals surface area contributed by atoms with Gasteiger partial charge in [0.25, 0.3) is 0 Å². The van der Waals surface area contributed by atoms with Crippen molar-refractivity contribution in [2.45, 2.75) is 49.8 Å². The summed E-state index contributed by atoms with van der Waals surface area (Å²) in [4.78, 5) is 0. The first-order chi connectivity index (χ1) is 9.55. The smallest absolute Gasteiger partial charge is 0.216 e. The molecular formula is C14H20N2O3S. The van der Waals surface area contributed by atoms with Gasteiger partial charge in [0, 0.05) is 6.54 Å². The summed E-state index contributed by atoms with van der Waals surface area (Å²) in [6, 6.07) is 7.32. The molecule has 1 aromatic carbocycles. The van der Waals surface area contributed by atoms with E-state index in [9.17, 15) is 8.42 Å². The zero-order valence-electron chi connectivity index (χ0n) is 11.3. The van der Waals surface area contributed by atoms with Gasteiger partial charge in [0.05, 0.1) is 24.0 Å². The molecule has 110 valence electrons. The first-order valence-electron chi connectivity index (χ1n) is 6.99. The average Bonchev–Trinajstić information content (AvgIpc) is 3.01. The summed E-state index contributed by atoms with van der Waals surface area (Å²) < 4.78 is 32.8. The molecule has 2 aliphatic rings. The van der Waals surface area contributed by atoms with Crippen LogP contribution in [0.5, 0.6) is 0 Å². The topological polar surface area (TPSA) is 81.4 Å². The average molecular weight is 296 g/mol. The highest BCUT2D eigenvalue weighted by molar-refractivity contribution is 7.88. The second-order valence-electron chi connectivity index (χ2n) is 5.61. The summed E-state index contributed by atoms with van der Waals surface area (Å²) in [7, 11) is -3.32. The van der Waals surface area contributed by atoms with E-state index >= 15 is 0 Å². The van der Waals surface area contributed by atoms with Crippen LogP contribution in [-0.2, 0) is 27.1 Å². The highest BCUT2D eigenvalue weighted by Gasteiger charge is 2.42. The molecule has 2 heterocycles. The van der Waals surface area contributed by atoms with Crippen LogP contribution in [0.4, 0.5) is 0 Å². The highest BCUT2D eigenvalue weighted by Crippen LogP contribution is 2.34. The van der Waals surface area contributed by atoms with Gasteiger partial charge in [0.2, 0.25) is 10.0 Å². The predicted octanol–water partition coefficient (Wildman–Crippen LogP) is 0.885. The largest absolute Gasteiger partial charge is 0.373 e. The normalized spacial score (nSPS) is 28.9. The lowest BCUT2D eigenvalue weighted by molar-refractivity contribution is 0.0996. The maximum Gasteiger partial charge on any atom is 0.216 e. The third-order valence-corrected chi connectivity index (χ3v) is 5.43. The zero-order valence-corrected chi connectivity index (χ0v) is 12.1. The first-order valence-corrected chi connectivity index (χ1v) is 8.64. The van der Waals surface area contributed by atoms with Crippen LogP contribution in [0.3, 0.4) is 0 Å². The molecule has 5 nitrogen and oxygen atoms in total. The molecule has 0 aliphatic carbocycles. The molecular weight excluding hydrogens is 276 g/mol. The van der Waals surface area contributed by atoms with Crippen molar-refractivity contribution in [1.82, 2.24) is 4.72 Å². The zero-order chi connectivity index (χ0) is 14.2. The molecule has 2 saturated heterocycles. The lowest BCUT2D eigenvalue weighted by Gasteiger charge is -2.20. The van der Waals surface area contributed by atoms with E-state index in [0.29, 0.717) is 6.54 Å². The third kappa shape index (κ3) is 3.03. The van der Waals surface area contributed by atoms with Crippen LogP contribution in [0, 0.1) is 0 Å². The minimum absolute atomic E-state index is 0.00569. The van der Waals surface area contributed by atoms with Crippen LogP contribution in [0.1, 0.15) is 30.4 Å². The number of sulfonamides is 1. The molecule has 2 fully saturated rings. The molecule has 1 aromatic rings. The fourth-order valence-electron chi connectivity index (χ4n) is 3.03. The van der Waals surface area contributed by atoms with Gasteiger partial charge in [-0.05, 0) is 30.4 Å². The maximum absolute atomic E-state index is 12.2. The Morgan fingerprint density at radius 3 is 2.45 bits per heavy atom. The van der Waals surface area contributed by atoms with Gasteiger partial charge in [0.1, 0.15) is 0 Å². The molecule has 2 bridgehead atoms. The minimum Gasteiger partial charge on any atom is -0.373 e. The van der Waals surface area contributed by atoms with E-state index in [-0.39, 0.29) is 24.0 Å². The van der Waals surface area contributed by atoms with Crippen LogP contribution < -0.4 is 10.5 Å². The number of rotatable bonds is 5. The van der Waals surface area contributed by atoms with Gasteiger partial charge in [-0.25, -0.2) is 13.1 Å². The summed E-state index contributed by atoms with van der Waals surface area (Å²) in [6.45, 7) is 0.466. The molecule has 20 heavy (non-hydrogen) atoms. The Balaban J connectivity index is 1.63. The van der Waals surface area contributed by atoms with Crippen molar-refractivity contribution in [2.24, 2.45) is 5.73 Å². The number of nitrogens with two attached hydrogens (primary N) is 1. The summed E-state index contributed by atoms with van der Waals surface area (Å²) >= 11 is 0. The standard InChI is InChI=1S/C14H20N2O3S/c15-8-10-1-3-11(4-2-10)9-20(17,18)16-13-7-12-5-6-14(13)19-12/h1-4,12-14,16H,5-9,15H2. The van der Waals surface area contributed by atoms with Crippen molar-refractivity contribution in [3.63, 3.8) is 0 Å². The molecule has 3 atom stereocenters. The molecule has 0 amide bonds. The van der Waals surface area contributed by atoms with E-state index in [2.05, 4.69) is 4.72 Å². The highest BCUT2D eigenvalue weighted by atomic mass is 32.2. The Morgan fingerprint density at radius 2 is 1.90 bits per heavy atom. The Kier molecular flexibility index (Phi) is 3.81. The Morgan fingerprint density at radius 1 is 1.20 bits per heavy atom.